The van der Waals surface area contributed by atoms with Crippen molar-refractivity contribution in [3.05, 3.63) is 35.9 Å². The van der Waals surface area contributed by atoms with Crippen LogP contribution in [0, 0.1) is 6.92 Å². The fourth-order valence-corrected chi connectivity index (χ4v) is 1.35. The average Bonchev–Trinajstić information content (AvgIpc) is 2.63. The zero-order valence-corrected chi connectivity index (χ0v) is 9.83. The lowest BCUT2D eigenvalue weighted by atomic mass is 10.2. The maximum Gasteiger partial charge on any atom is 0.358 e. The van der Waals surface area contributed by atoms with Crippen LogP contribution in [0.3, 0.4) is 0 Å². The standard InChI is InChI=1S/C12H16N2O2/c1-5-9(6-2)11-13-8(4)10(14-11)12(15)16-7-3/h5-6H,1,7H2,2-4H3,(H,13,14). The van der Waals surface area contributed by atoms with Crippen LogP contribution in [0.4, 0.5) is 0 Å². The molecule has 1 N–H and O–H groups in total. The van der Waals surface area contributed by atoms with E-state index >= 15 is 0 Å². The summed E-state index contributed by atoms with van der Waals surface area (Å²) < 4.78 is 4.90. The van der Waals surface area contributed by atoms with E-state index in [2.05, 4.69) is 16.5 Å². The number of carbonyl (C=O) groups excluding carboxylic acids is 1. The lowest BCUT2D eigenvalue weighted by molar-refractivity contribution is 0.0519. The Morgan fingerprint density at radius 1 is 1.62 bits per heavy atom. The second-order valence-electron chi connectivity index (χ2n) is 3.23. The number of aryl methyl sites for hydroxylation is 1. The van der Waals surface area contributed by atoms with Crippen LogP contribution in [0.1, 0.15) is 35.9 Å². The molecule has 1 aromatic rings. The zero-order valence-electron chi connectivity index (χ0n) is 9.83. The molecule has 0 aliphatic rings. The Labute approximate surface area is 95.0 Å². The molecular weight excluding hydrogens is 204 g/mol. The third-order valence-corrected chi connectivity index (χ3v) is 2.16. The van der Waals surface area contributed by atoms with Crippen molar-refractivity contribution in [3.8, 4) is 0 Å². The van der Waals surface area contributed by atoms with E-state index in [1.807, 2.05) is 13.0 Å². The molecule has 0 bridgehead atoms. The van der Waals surface area contributed by atoms with E-state index in [-0.39, 0.29) is 0 Å². The molecule has 4 nitrogen and oxygen atoms in total. The van der Waals surface area contributed by atoms with Crippen molar-refractivity contribution in [2.75, 3.05) is 6.61 Å². The smallest absolute Gasteiger partial charge is 0.358 e. The van der Waals surface area contributed by atoms with E-state index in [0.29, 0.717) is 23.8 Å². The molecule has 1 aromatic heterocycles. The summed E-state index contributed by atoms with van der Waals surface area (Å²) in [4.78, 5) is 18.8. The van der Waals surface area contributed by atoms with Gasteiger partial charge in [-0.1, -0.05) is 18.7 Å². The minimum atomic E-state index is -0.401. The Balaban J connectivity index is 3.07. The first-order valence-corrected chi connectivity index (χ1v) is 5.16. The SMILES string of the molecule is C=CC(=CC)c1nc(C(=O)OCC)c(C)[nH]1. The maximum absolute atomic E-state index is 11.5. The molecule has 0 amide bonds. The van der Waals surface area contributed by atoms with Gasteiger partial charge < -0.3 is 9.72 Å². The number of hydrogen-bond donors (Lipinski definition) is 1. The fourth-order valence-electron chi connectivity index (χ4n) is 1.35. The number of hydrogen-bond acceptors (Lipinski definition) is 3. The zero-order chi connectivity index (χ0) is 12.1. The molecule has 0 saturated heterocycles. The predicted octanol–water partition coefficient (Wildman–Crippen LogP) is 2.48. The van der Waals surface area contributed by atoms with Gasteiger partial charge in [-0.25, -0.2) is 9.78 Å². The van der Waals surface area contributed by atoms with Gasteiger partial charge in [-0.3, -0.25) is 0 Å². The normalized spacial score (nSPS) is 11.3. The molecule has 0 saturated carbocycles. The van der Waals surface area contributed by atoms with E-state index < -0.39 is 5.97 Å². The van der Waals surface area contributed by atoms with Gasteiger partial charge in [0.15, 0.2) is 5.69 Å². The fraction of sp³-hybridized carbons (Fsp3) is 0.333. The van der Waals surface area contributed by atoms with Gasteiger partial charge >= 0.3 is 5.97 Å². The average molecular weight is 220 g/mol. The van der Waals surface area contributed by atoms with Crippen molar-refractivity contribution in [3.63, 3.8) is 0 Å². The van der Waals surface area contributed by atoms with Crippen molar-refractivity contribution in [1.82, 2.24) is 9.97 Å². The maximum atomic E-state index is 11.5. The number of aromatic nitrogens is 2. The summed E-state index contributed by atoms with van der Waals surface area (Å²) in [5.41, 5.74) is 1.89. The molecular formula is C12H16N2O2. The van der Waals surface area contributed by atoms with E-state index in [9.17, 15) is 4.79 Å². The van der Waals surface area contributed by atoms with Crippen molar-refractivity contribution in [2.24, 2.45) is 0 Å². The summed E-state index contributed by atoms with van der Waals surface area (Å²) >= 11 is 0. The molecule has 16 heavy (non-hydrogen) atoms. The lowest BCUT2D eigenvalue weighted by Crippen LogP contribution is -2.06. The first-order chi connectivity index (χ1) is 7.63. The number of nitrogens with zero attached hydrogens (tertiary/aromatic N) is 1. The highest BCUT2D eigenvalue weighted by Gasteiger charge is 2.16. The van der Waals surface area contributed by atoms with E-state index in [4.69, 9.17) is 4.74 Å². The van der Waals surface area contributed by atoms with Gasteiger partial charge in [0.25, 0.3) is 0 Å². The minimum Gasteiger partial charge on any atom is -0.461 e. The number of aromatic amines is 1. The highest BCUT2D eigenvalue weighted by molar-refractivity contribution is 5.89. The third-order valence-electron chi connectivity index (χ3n) is 2.16. The molecule has 0 aromatic carbocycles. The summed E-state index contributed by atoms with van der Waals surface area (Å²) in [5.74, 6) is 0.236. The van der Waals surface area contributed by atoms with Crippen LogP contribution in [0.2, 0.25) is 0 Å². The summed E-state index contributed by atoms with van der Waals surface area (Å²) in [6, 6.07) is 0. The number of allylic oxidation sites excluding steroid dienone is 3. The summed E-state index contributed by atoms with van der Waals surface area (Å²) in [6.45, 7) is 9.47. The molecule has 0 spiro atoms. The molecule has 1 rings (SSSR count). The van der Waals surface area contributed by atoms with Gasteiger partial charge in [0.2, 0.25) is 0 Å². The van der Waals surface area contributed by atoms with Gasteiger partial charge in [-0.05, 0) is 20.8 Å². The van der Waals surface area contributed by atoms with Crippen molar-refractivity contribution in [1.29, 1.82) is 0 Å². The molecule has 4 heteroatoms. The third kappa shape index (κ3) is 2.39. The molecule has 0 unspecified atom stereocenters. The molecule has 0 aliphatic heterocycles. The number of esters is 1. The first-order valence-electron chi connectivity index (χ1n) is 5.16. The number of rotatable bonds is 4. The monoisotopic (exact) mass is 220 g/mol. The summed E-state index contributed by atoms with van der Waals surface area (Å²) in [7, 11) is 0. The molecule has 1 heterocycles. The van der Waals surface area contributed by atoms with Crippen molar-refractivity contribution >= 4 is 11.5 Å². The topological polar surface area (TPSA) is 55.0 Å². The van der Waals surface area contributed by atoms with Gasteiger partial charge in [0.1, 0.15) is 5.82 Å². The van der Waals surface area contributed by atoms with E-state index in [1.54, 1.807) is 19.9 Å². The second-order valence-corrected chi connectivity index (χ2v) is 3.23. The van der Waals surface area contributed by atoms with E-state index in [1.165, 1.54) is 0 Å². The molecule has 0 radical (unpaired) electrons. The number of imidazole rings is 1. The van der Waals surface area contributed by atoms with Crippen LogP contribution in [0.15, 0.2) is 18.7 Å². The quantitative estimate of drug-likeness (QED) is 0.626. The number of ether oxygens (including phenoxy) is 1. The van der Waals surface area contributed by atoms with Crippen LogP contribution in [0.5, 0.6) is 0 Å². The highest BCUT2D eigenvalue weighted by atomic mass is 16.5. The molecule has 0 aliphatic carbocycles. The number of H-pyrrole nitrogens is 1. The van der Waals surface area contributed by atoms with Crippen LogP contribution in [-0.2, 0) is 4.74 Å². The molecule has 0 atom stereocenters. The van der Waals surface area contributed by atoms with Gasteiger partial charge in [-0.15, -0.1) is 0 Å². The van der Waals surface area contributed by atoms with Crippen LogP contribution in [0.25, 0.3) is 5.57 Å². The van der Waals surface area contributed by atoms with E-state index in [0.717, 1.165) is 5.57 Å². The predicted molar refractivity (Wildman–Crippen MR) is 63.1 cm³/mol. The Hall–Kier alpha value is -1.84. The Morgan fingerprint density at radius 3 is 2.81 bits per heavy atom. The van der Waals surface area contributed by atoms with Gasteiger partial charge in [-0.2, -0.15) is 0 Å². The van der Waals surface area contributed by atoms with Gasteiger partial charge in [0.05, 0.1) is 6.61 Å². The second kappa shape index (κ2) is 5.30. The van der Waals surface area contributed by atoms with Crippen molar-refractivity contribution < 1.29 is 9.53 Å². The van der Waals surface area contributed by atoms with Crippen molar-refractivity contribution in [2.45, 2.75) is 20.8 Å². The highest BCUT2D eigenvalue weighted by Crippen LogP contribution is 2.15. The van der Waals surface area contributed by atoms with Crippen LogP contribution in [-0.4, -0.2) is 22.5 Å². The summed E-state index contributed by atoms with van der Waals surface area (Å²) in [5, 5.41) is 0. The lowest BCUT2D eigenvalue weighted by Gasteiger charge is -1.97. The Morgan fingerprint density at radius 2 is 2.31 bits per heavy atom. The Bertz CT molecular complexity index is 430. The minimum absolute atomic E-state index is 0.332. The Kier molecular flexibility index (Phi) is 4.05. The first kappa shape index (κ1) is 12.2. The number of carbonyl (C=O) groups is 1. The van der Waals surface area contributed by atoms with Crippen LogP contribution >= 0.6 is 0 Å². The molecule has 86 valence electrons. The van der Waals surface area contributed by atoms with Gasteiger partial charge in [0, 0.05) is 11.3 Å². The molecule has 0 fully saturated rings. The summed E-state index contributed by atoms with van der Waals surface area (Å²) in [6.07, 6.45) is 3.56. The van der Waals surface area contributed by atoms with Crippen LogP contribution < -0.4 is 0 Å². The number of nitrogens with one attached hydrogen (secondary N) is 1. The largest absolute Gasteiger partial charge is 0.461 e.